The van der Waals surface area contributed by atoms with Crippen molar-refractivity contribution in [3.8, 4) is 0 Å². The zero-order valence-electron chi connectivity index (χ0n) is 9.81. The maximum Gasteiger partial charge on any atom is 0.137 e. The van der Waals surface area contributed by atoms with Crippen molar-refractivity contribution >= 4 is 37.5 Å². The lowest BCUT2D eigenvalue weighted by Gasteiger charge is -2.11. The van der Waals surface area contributed by atoms with Gasteiger partial charge in [0.25, 0.3) is 0 Å². The van der Waals surface area contributed by atoms with E-state index in [0.717, 1.165) is 15.7 Å². The quantitative estimate of drug-likeness (QED) is 0.773. The second-order valence-corrected chi connectivity index (χ2v) is 5.83. The van der Waals surface area contributed by atoms with Gasteiger partial charge in [0.2, 0.25) is 0 Å². The molecule has 0 spiro atoms. The molecule has 0 saturated heterocycles. The fraction of sp³-hybridized carbons (Fsp3) is 0.143. The second-order valence-electron chi connectivity index (χ2n) is 4.06. The molecule has 1 nitrogen and oxygen atoms in total. The van der Waals surface area contributed by atoms with Crippen LogP contribution in [-0.2, 0) is 6.54 Å². The molecule has 0 heterocycles. The molecule has 0 atom stereocenters. The largest absolute Gasteiger partial charge is 0.381 e. The number of hydrogen-bond donors (Lipinski definition) is 1. The predicted octanol–water partition coefficient (Wildman–Crippen LogP) is 5.27. The van der Waals surface area contributed by atoms with Gasteiger partial charge in [0.15, 0.2) is 0 Å². The van der Waals surface area contributed by atoms with Crippen LogP contribution in [0.1, 0.15) is 11.1 Å². The smallest absolute Gasteiger partial charge is 0.137 e. The molecule has 0 radical (unpaired) electrons. The first-order valence-electron chi connectivity index (χ1n) is 5.50. The monoisotopic (exact) mass is 371 g/mol. The molecule has 94 valence electrons. The van der Waals surface area contributed by atoms with Crippen LogP contribution in [0.4, 0.5) is 10.1 Å². The average molecular weight is 373 g/mol. The van der Waals surface area contributed by atoms with E-state index in [-0.39, 0.29) is 5.82 Å². The topological polar surface area (TPSA) is 12.0 Å². The number of aryl methyl sites for hydroxylation is 1. The van der Waals surface area contributed by atoms with E-state index in [2.05, 4.69) is 43.2 Å². The number of anilines is 1. The summed E-state index contributed by atoms with van der Waals surface area (Å²) < 4.78 is 14.8. The molecule has 0 amide bonds. The van der Waals surface area contributed by atoms with Crippen LogP contribution in [0.15, 0.2) is 45.3 Å². The standard InChI is InChI=1S/C14H12Br2FN/c1-9-5-13(17)12(16)7-14(9)18-8-10-3-2-4-11(15)6-10/h2-7,18H,8H2,1H3. The van der Waals surface area contributed by atoms with Crippen LogP contribution in [0.2, 0.25) is 0 Å². The molecule has 0 fully saturated rings. The van der Waals surface area contributed by atoms with Gasteiger partial charge >= 0.3 is 0 Å². The molecule has 0 aliphatic heterocycles. The number of benzene rings is 2. The Hall–Kier alpha value is -0.870. The van der Waals surface area contributed by atoms with E-state index in [1.54, 1.807) is 6.07 Å². The zero-order chi connectivity index (χ0) is 13.1. The Labute approximate surface area is 123 Å². The highest BCUT2D eigenvalue weighted by molar-refractivity contribution is 9.10. The third-order valence-electron chi connectivity index (χ3n) is 2.64. The van der Waals surface area contributed by atoms with E-state index < -0.39 is 0 Å². The molecule has 4 heteroatoms. The van der Waals surface area contributed by atoms with Crippen LogP contribution >= 0.6 is 31.9 Å². The van der Waals surface area contributed by atoms with Crippen molar-refractivity contribution in [1.29, 1.82) is 0 Å². The van der Waals surface area contributed by atoms with Gasteiger partial charge in [-0.05, 0) is 58.2 Å². The molecule has 2 aromatic rings. The normalized spacial score (nSPS) is 10.4. The van der Waals surface area contributed by atoms with Crippen molar-refractivity contribution in [3.63, 3.8) is 0 Å². The van der Waals surface area contributed by atoms with Crippen molar-refractivity contribution in [1.82, 2.24) is 0 Å². The van der Waals surface area contributed by atoms with E-state index in [1.165, 1.54) is 11.6 Å². The predicted molar refractivity (Wildman–Crippen MR) is 80.3 cm³/mol. The number of halogens is 3. The Kier molecular flexibility index (Phi) is 4.40. The summed E-state index contributed by atoms with van der Waals surface area (Å²) in [6, 6.07) is 11.4. The Morgan fingerprint density at radius 2 is 1.94 bits per heavy atom. The molecule has 0 saturated carbocycles. The molecule has 0 aromatic heterocycles. The van der Waals surface area contributed by atoms with Crippen molar-refractivity contribution in [2.75, 3.05) is 5.32 Å². The van der Waals surface area contributed by atoms with Crippen molar-refractivity contribution in [2.45, 2.75) is 13.5 Å². The van der Waals surface area contributed by atoms with E-state index in [4.69, 9.17) is 0 Å². The van der Waals surface area contributed by atoms with Gasteiger partial charge in [-0.2, -0.15) is 0 Å². The van der Waals surface area contributed by atoms with Crippen molar-refractivity contribution in [2.24, 2.45) is 0 Å². The average Bonchev–Trinajstić information content (AvgIpc) is 2.32. The summed E-state index contributed by atoms with van der Waals surface area (Å²) in [5.74, 6) is -0.236. The summed E-state index contributed by atoms with van der Waals surface area (Å²) in [7, 11) is 0. The molecule has 0 bridgehead atoms. The summed E-state index contributed by atoms with van der Waals surface area (Å²) in [4.78, 5) is 0. The maximum atomic E-state index is 13.3. The first kappa shape index (κ1) is 13.6. The summed E-state index contributed by atoms with van der Waals surface area (Å²) >= 11 is 6.63. The number of rotatable bonds is 3. The van der Waals surface area contributed by atoms with Gasteiger partial charge in [-0.15, -0.1) is 0 Å². The van der Waals surface area contributed by atoms with Gasteiger partial charge < -0.3 is 5.32 Å². The lowest BCUT2D eigenvalue weighted by molar-refractivity contribution is 0.620. The van der Waals surface area contributed by atoms with Gasteiger partial charge in [-0.1, -0.05) is 28.1 Å². The highest BCUT2D eigenvalue weighted by Gasteiger charge is 2.05. The van der Waals surface area contributed by atoms with Crippen molar-refractivity contribution in [3.05, 3.63) is 62.3 Å². The highest BCUT2D eigenvalue weighted by Crippen LogP contribution is 2.24. The molecular weight excluding hydrogens is 361 g/mol. The van der Waals surface area contributed by atoms with Gasteiger partial charge in [0.1, 0.15) is 5.82 Å². The Morgan fingerprint density at radius 1 is 1.17 bits per heavy atom. The zero-order valence-corrected chi connectivity index (χ0v) is 13.0. The minimum absolute atomic E-state index is 0.236. The molecule has 0 aliphatic carbocycles. The molecule has 0 unspecified atom stereocenters. The lowest BCUT2D eigenvalue weighted by atomic mass is 10.1. The van der Waals surface area contributed by atoms with Gasteiger partial charge in [0.05, 0.1) is 4.47 Å². The van der Waals surface area contributed by atoms with E-state index in [9.17, 15) is 4.39 Å². The SMILES string of the molecule is Cc1cc(F)c(Br)cc1NCc1cccc(Br)c1. The van der Waals surface area contributed by atoms with Crippen LogP contribution in [0.25, 0.3) is 0 Å². The molecule has 2 rings (SSSR count). The van der Waals surface area contributed by atoms with E-state index >= 15 is 0 Å². The number of hydrogen-bond acceptors (Lipinski definition) is 1. The molecular formula is C14H12Br2FN. The first-order valence-corrected chi connectivity index (χ1v) is 7.09. The van der Waals surface area contributed by atoms with Crippen molar-refractivity contribution < 1.29 is 4.39 Å². The fourth-order valence-electron chi connectivity index (χ4n) is 1.68. The van der Waals surface area contributed by atoms with Crippen LogP contribution in [0, 0.1) is 12.7 Å². The summed E-state index contributed by atoms with van der Waals surface area (Å²) in [5.41, 5.74) is 3.00. The minimum Gasteiger partial charge on any atom is -0.381 e. The molecule has 18 heavy (non-hydrogen) atoms. The van der Waals surface area contributed by atoms with E-state index in [0.29, 0.717) is 11.0 Å². The molecule has 2 aromatic carbocycles. The highest BCUT2D eigenvalue weighted by atomic mass is 79.9. The van der Waals surface area contributed by atoms with Crippen LogP contribution in [0.3, 0.4) is 0 Å². The van der Waals surface area contributed by atoms with Crippen LogP contribution < -0.4 is 5.32 Å². The summed E-state index contributed by atoms with van der Waals surface area (Å²) in [6.07, 6.45) is 0. The first-order chi connectivity index (χ1) is 8.56. The second kappa shape index (κ2) is 5.85. The van der Waals surface area contributed by atoms with Crippen LogP contribution in [-0.4, -0.2) is 0 Å². The van der Waals surface area contributed by atoms with Crippen LogP contribution in [0.5, 0.6) is 0 Å². The number of nitrogens with one attached hydrogen (secondary N) is 1. The molecule has 0 aliphatic rings. The van der Waals surface area contributed by atoms with Gasteiger partial charge in [-0.3, -0.25) is 0 Å². The van der Waals surface area contributed by atoms with E-state index in [1.807, 2.05) is 25.1 Å². The summed E-state index contributed by atoms with van der Waals surface area (Å²) in [6.45, 7) is 2.59. The lowest BCUT2D eigenvalue weighted by Crippen LogP contribution is -2.01. The summed E-state index contributed by atoms with van der Waals surface area (Å²) in [5, 5.41) is 3.31. The third-order valence-corrected chi connectivity index (χ3v) is 3.74. The third kappa shape index (κ3) is 3.33. The molecule has 1 N–H and O–H groups in total. The Morgan fingerprint density at radius 3 is 2.67 bits per heavy atom. The van der Waals surface area contributed by atoms with Gasteiger partial charge in [-0.25, -0.2) is 4.39 Å². The minimum atomic E-state index is -0.236. The Bertz CT molecular complexity index is 570. The van der Waals surface area contributed by atoms with Gasteiger partial charge in [0, 0.05) is 16.7 Å². The maximum absolute atomic E-state index is 13.3. The fourth-order valence-corrected chi connectivity index (χ4v) is 2.47. The Balaban J connectivity index is 2.13.